The molecular formula is C34H37Br3N10O9. The lowest BCUT2D eigenvalue weighted by Crippen LogP contribution is -2.33. The highest BCUT2D eigenvalue weighted by atomic mass is 79.9. The van der Waals surface area contributed by atoms with Gasteiger partial charge in [0.1, 0.15) is 39.2 Å². The number of H-pyrrole nitrogens is 1. The Morgan fingerprint density at radius 1 is 0.625 bits per heavy atom. The van der Waals surface area contributed by atoms with Crippen molar-refractivity contribution in [1.29, 1.82) is 0 Å². The van der Waals surface area contributed by atoms with Crippen LogP contribution in [0.3, 0.4) is 0 Å². The van der Waals surface area contributed by atoms with E-state index in [0.717, 1.165) is 25.4 Å². The molecule has 0 fully saturated rings. The van der Waals surface area contributed by atoms with Gasteiger partial charge < -0.3 is 20.1 Å². The number of hydrogen-bond donors (Lipinski definition) is 3. The zero-order valence-electron chi connectivity index (χ0n) is 30.4. The lowest BCUT2D eigenvalue weighted by atomic mass is 10.1. The predicted molar refractivity (Wildman–Crippen MR) is 215 cm³/mol. The molecule has 1 aromatic carbocycles. The second-order valence-corrected chi connectivity index (χ2v) is 12.9. The van der Waals surface area contributed by atoms with Crippen LogP contribution < -0.4 is 37.6 Å². The van der Waals surface area contributed by atoms with Crippen LogP contribution in [0.4, 0.5) is 0 Å². The van der Waals surface area contributed by atoms with Gasteiger partial charge in [0, 0.05) is 42.9 Å². The fourth-order valence-electron chi connectivity index (χ4n) is 3.85. The van der Waals surface area contributed by atoms with Gasteiger partial charge in [-0.25, -0.2) is 19.1 Å². The molecule has 298 valence electrons. The van der Waals surface area contributed by atoms with Crippen molar-refractivity contribution in [2.75, 3.05) is 27.3 Å². The maximum absolute atomic E-state index is 11.7. The number of nitrogens with zero attached hydrogens (tertiary/aromatic N) is 7. The van der Waals surface area contributed by atoms with Crippen LogP contribution in [-0.4, -0.2) is 84.6 Å². The van der Waals surface area contributed by atoms with E-state index in [4.69, 9.17) is 4.74 Å². The van der Waals surface area contributed by atoms with E-state index in [1.807, 2.05) is 38.1 Å². The zero-order valence-corrected chi connectivity index (χ0v) is 35.2. The van der Waals surface area contributed by atoms with Gasteiger partial charge in [0.2, 0.25) is 11.8 Å². The molecule has 0 saturated carbocycles. The maximum atomic E-state index is 11.7. The first-order chi connectivity index (χ1) is 26.7. The standard InChI is InChI=1S/C15H17N3O3.C8H10BrN3O2.C7H7BrN2O3.C4H3BrN2O/c1-3-16-14(19)10-18-15(20)9-8-13(17-18)11-4-6-12(21-2)7-5-11;1-2-10-7(13)5-12-8(14)4-3-6(9)11-12;1-13-7(12)4-10-6(11)3-2-5(8)9-10;5-3-1-2-4(8)7-6-3/h4-9H,3,10H2,1-2H3,(H,16,19);3-4H,2,5H2,1H3,(H,10,13);2-3H,4H2,1H3;1-2H,(H,7,8). The molecule has 5 aromatic rings. The summed E-state index contributed by atoms with van der Waals surface area (Å²) in [5.74, 6) is -0.221. The minimum Gasteiger partial charge on any atom is -0.497 e. The molecule has 0 spiro atoms. The van der Waals surface area contributed by atoms with Crippen LogP contribution in [0.1, 0.15) is 13.8 Å². The van der Waals surface area contributed by atoms with Crippen molar-refractivity contribution in [3.8, 4) is 17.0 Å². The van der Waals surface area contributed by atoms with Crippen LogP contribution in [0.25, 0.3) is 11.3 Å². The van der Waals surface area contributed by atoms with Crippen LogP contribution in [0, 0.1) is 0 Å². The first-order valence-electron chi connectivity index (χ1n) is 16.2. The maximum Gasteiger partial charge on any atom is 0.327 e. The van der Waals surface area contributed by atoms with Gasteiger partial charge in [-0.15, -0.1) is 0 Å². The first kappa shape index (κ1) is 46.5. The highest BCUT2D eigenvalue weighted by molar-refractivity contribution is 9.11. The van der Waals surface area contributed by atoms with Gasteiger partial charge in [-0.1, -0.05) is 0 Å². The van der Waals surface area contributed by atoms with Crippen LogP contribution in [-0.2, 0) is 38.8 Å². The number of halogens is 3. The van der Waals surface area contributed by atoms with Gasteiger partial charge in [-0.3, -0.25) is 33.6 Å². The summed E-state index contributed by atoms with van der Waals surface area (Å²) >= 11 is 9.27. The Morgan fingerprint density at radius 3 is 1.52 bits per heavy atom. The van der Waals surface area contributed by atoms with Crippen molar-refractivity contribution in [2.45, 2.75) is 33.5 Å². The van der Waals surface area contributed by atoms with Gasteiger partial charge in [-0.05, 0) is 110 Å². The molecule has 0 saturated heterocycles. The minimum absolute atomic E-state index is 0.0495. The molecule has 4 aromatic heterocycles. The first-order valence-corrected chi connectivity index (χ1v) is 18.6. The van der Waals surface area contributed by atoms with E-state index in [-0.39, 0.29) is 53.7 Å². The van der Waals surface area contributed by atoms with Gasteiger partial charge in [0.25, 0.3) is 22.2 Å². The molecule has 0 atom stereocenters. The van der Waals surface area contributed by atoms with E-state index >= 15 is 0 Å². The minimum atomic E-state index is -0.507. The Hall–Kier alpha value is -5.61. The number of carbonyl (C=O) groups is 3. The number of methoxy groups -OCH3 is 2. The van der Waals surface area contributed by atoms with E-state index in [0.29, 0.717) is 32.6 Å². The van der Waals surface area contributed by atoms with Crippen molar-refractivity contribution in [3.63, 3.8) is 0 Å². The number of aromatic nitrogens is 8. The van der Waals surface area contributed by atoms with E-state index in [1.165, 1.54) is 43.5 Å². The van der Waals surface area contributed by atoms with Gasteiger partial charge >= 0.3 is 5.97 Å². The number of nitrogens with one attached hydrogen (secondary N) is 3. The summed E-state index contributed by atoms with van der Waals surface area (Å²) in [6.07, 6.45) is 0. The Balaban J connectivity index is 0.000000272. The summed E-state index contributed by atoms with van der Waals surface area (Å²) in [5.41, 5.74) is 0.349. The monoisotopic (exact) mass is 966 g/mol. The number of amides is 2. The molecule has 5 rings (SSSR count). The molecule has 3 N–H and O–H groups in total. The molecule has 0 aliphatic carbocycles. The summed E-state index contributed by atoms with van der Waals surface area (Å²) in [4.78, 5) is 77.9. The Morgan fingerprint density at radius 2 is 1.09 bits per heavy atom. The molecule has 2 amide bonds. The molecule has 0 bridgehead atoms. The number of benzene rings is 1. The summed E-state index contributed by atoms with van der Waals surface area (Å²) in [6, 6.07) is 19.1. The van der Waals surface area contributed by atoms with Gasteiger partial charge in [0.15, 0.2) is 0 Å². The number of esters is 1. The second-order valence-electron chi connectivity index (χ2n) is 10.5. The van der Waals surface area contributed by atoms with Crippen LogP contribution in [0.2, 0.25) is 0 Å². The highest BCUT2D eigenvalue weighted by Gasteiger charge is 2.08. The number of ether oxygens (including phenoxy) is 2. The average Bonchev–Trinajstić information content (AvgIpc) is 3.17. The van der Waals surface area contributed by atoms with Gasteiger partial charge in [-0.2, -0.15) is 20.4 Å². The molecule has 0 radical (unpaired) electrons. The number of rotatable bonds is 10. The van der Waals surface area contributed by atoms with E-state index < -0.39 is 5.97 Å². The lowest BCUT2D eigenvalue weighted by molar-refractivity contribution is -0.141. The predicted octanol–water partition coefficient (Wildman–Crippen LogP) is 1.91. The third-order valence-corrected chi connectivity index (χ3v) is 7.69. The van der Waals surface area contributed by atoms with Crippen molar-refractivity contribution in [1.82, 2.24) is 50.2 Å². The quantitative estimate of drug-likeness (QED) is 0.170. The smallest absolute Gasteiger partial charge is 0.327 e. The molecule has 0 aliphatic heterocycles. The summed E-state index contributed by atoms with van der Waals surface area (Å²) in [5, 5.41) is 22.9. The molecular weight excluding hydrogens is 932 g/mol. The summed E-state index contributed by atoms with van der Waals surface area (Å²) in [6.45, 7) is 4.39. The van der Waals surface area contributed by atoms with E-state index in [9.17, 15) is 33.6 Å². The third kappa shape index (κ3) is 17.2. The SMILES string of the molecule is CCNC(=O)Cn1nc(-c2ccc(OC)cc2)ccc1=O.CCNC(=O)Cn1nc(Br)ccc1=O.COC(=O)Cn1nc(Br)ccc1=O.O=c1ccc(Br)n[nH]1. The lowest BCUT2D eigenvalue weighted by Gasteiger charge is -2.07. The molecule has 22 heteroatoms. The normalized spacial score (nSPS) is 9.84. The Kier molecular flexibility index (Phi) is 20.6. The number of hydrogen-bond acceptors (Lipinski definition) is 13. The van der Waals surface area contributed by atoms with E-state index in [2.05, 4.69) is 88.7 Å². The van der Waals surface area contributed by atoms with Crippen molar-refractivity contribution in [3.05, 3.63) is 128 Å². The molecule has 56 heavy (non-hydrogen) atoms. The largest absolute Gasteiger partial charge is 0.497 e. The third-order valence-electron chi connectivity index (χ3n) is 6.41. The van der Waals surface area contributed by atoms with E-state index in [1.54, 1.807) is 19.2 Å². The summed E-state index contributed by atoms with van der Waals surface area (Å²) in [7, 11) is 2.85. The van der Waals surface area contributed by atoms with Crippen molar-refractivity contribution >= 4 is 65.6 Å². The Bertz CT molecular complexity index is 2280. The van der Waals surface area contributed by atoms with Gasteiger partial charge in [0.05, 0.1) is 19.9 Å². The van der Waals surface area contributed by atoms with Crippen molar-refractivity contribution in [2.24, 2.45) is 0 Å². The van der Waals surface area contributed by atoms with Crippen molar-refractivity contribution < 1.29 is 23.9 Å². The number of carbonyl (C=O) groups excluding carboxylic acids is 3. The topological polar surface area (TPSA) is 244 Å². The number of likely N-dealkylation sites (N-methyl/N-ethyl adjacent to an activating group) is 2. The fourth-order valence-corrected chi connectivity index (χ4v) is 4.71. The average molecular weight is 969 g/mol. The highest BCUT2D eigenvalue weighted by Crippen LogP contribution is 2.19. The van der Waals surface area contributed by atoms with Crippen LogP contribution in [0.5, 0.6) is 5.75 Å². The zero-order chi connectivity index (χ0) is 41.6. The van der Waals surface area contributed by atoms with Crippen LogP contribution in [0.15, 0.2) is 106 Å². The Labute approximate surface area is 343 Å². The molecule has 4 heterocycles. The number of aromatic amines is 1. The molecule has 0 aliphatic rings. The fraction of sp³-hybridized carbons (Fsp3) is 0.265. The molecule has 19 nitrogen and oxygen atoms in total. The summed E-state index contributed by atoms with van der Waals surface area (Å²) < 4.78 is 14.4. The second kappa shape index (κ2) is 24.7. The van der Waals surface area contributed by atoms with Crippen LogP contribution >= 0.6 is 47.8 Å². The molecule has 0 unspecified atom stereocenters.